The summed E-state index contributed by atoms with van der Waals surface area (Å²) < 4.78 is 0. The number of allylic oxidation sites excluding steroid dienone is 1. The van der Waals surface area contributed by atoms with E-state index in [1.165, 1.54) is 5.57 Å². The molecule has 126 valence electrons. The van der Waals surface area contributed by atoms with E-state index in [9.17, 15) is 4.79 Å². The van der Waals surface area contributed by atoms with Gasteiger partial charge in [-0.1, -0.05) is 37.4 Å². The van der Waals surface area contributed by atoms with Gasteiger partial charge in [0.1, 0.15) is 6.04 Å². The molecule has 23 heavy (non-hydrogen) atoms. The summed E-state index contributed by atoms with van der Waals surface area (Å²) in [4.78, 5) is 14.6. The first-order valence-electron chi connectivity index (χ1n) is 8.11. The number of nitrogens with zero attached hydrogens (tertiary/aromatic N) is 1. The van der Waals surface area contributed by atoms with Crippen LogP contribution in [0.3, 0.4) is 0 Å². The Kier molecular flexibility index (Phi) is 5.37. The number of hydrazine groups is 1. The van der Waals surface area contributed by atoms with Gasteiger partial charge in [-0.25, -0.2) is 5.84 Å². The second-order valence-corrected chi connectivity index (χ2v) is 7.12. The molecule has 1 aromatic carbocycles. The first-order valence-corrected chi connectivity index (χ1v) is 8.48. The summed E-state index contributed by atoms with van der Waals surface area (Å²) in [7, 11) is 0. The van der Waals surface area contributed by atoms with Crippen molar-refractivity contribution in [3.8, 4) is 0 Å². The van der Waals surface area contributed by atoms with Crippen LogP contribution in [0.2, 0.25) is 5.02 Å². The van der Waals surface area contributed by atoms with Crippen LogP contribution in [0.15, 0.2) is 24.3 Å². The lowest BCUT2D eigenvalue weighted by atomic mass is 9.86. The molecule has 0 saturated carbocycles. The Morgan fingerprint density at radius 2 is 2.13 bits per heavy atom. The summed E-state index contributed by atoms with van der Waals surface area (Å²) in [6, 6.07) is 5.53. The van der Waals surface area contributed by atoms with Gasteiger partial charge in [-0.15, -0.1) is 0 Å². The van der Waals surface area contributed by atoms with Gasteiger partial charge in [0.25, 0.3) is 5.91 Å². The summed E-state index contributed by atoms with van der Waals surface area (Å²) in [5, 5.41) is 0.699. The number of anilines is 1. The standard InChI is InChI=1S/C18H26ClN3O/c1-5-6-7-16(17(23)21-20)22-15-9-8-13(19)10-14(15)12(2)11-18(22,3)4/h8-11,16H,5-7,20H2,1-4H3,(H,21,23). The van der Waals surface area contributed by atoms with Gasteiger partial charge in [0.15, 0.2) is 0 Å². The van der Waals surface area contributed by atoms with Crippen molar-refractivity contribution in [1.29, 1.82) is 0 Å². The zero-order valence-corrected chi connectivity index (χ0v) is 15.1. The fourth-order valence-electron chi connectivity index (χ4n) is 3.46. The monoisotopic (exact) mass is 335 g/mol. The van der Waals surface area contributed by atoms with Gasteiger partial charge in [-0.3, -0.25) is 10.2 Å². The zero-order chi connectivity index (χ0) is 17.2. The fraction of sp³-hybridized carbons (Fsp3) is 0.500. The lowest BCUT2D eigenvalue weighted by Crippen LogP contribution is -2.57. The normalized spacial score (nSPS) is 17.3. The Balaban J connectivity index is 2.55. The predicted octanol–water partition coefficient (Wildman–Crippen LogP) is 3.89. The second kappa shape index (κ2) is 6.93. The number of rotatable bonds is 5. The maximum atomic E-state index is 12.4. The van der Waals surface area contributed by atoms with Crippen molar-refractivity contribution >= 4 is 28.8 Å². The van der Waals surface area contributed by atoms with Crippen LogP contribution in [0.25, 0.3) is 5.57 Å². The number of halogens is 1. The number of carbonyl (C=O) groups excluding carboxylic acids is 1. The molecule has 3 N–H and O–H groups in total. The van der Waals surface area contributed by atoms with Gasteiger partial charge in [-0.05, 0) is 51.0 Å². The van der Waals surface area contributed by atoms with E-state index in [0.29, 0.717) is 5.02 Å². The van der Waals surface area contributed by atoms with Crippen molar-refractivity contribution < 1.29 is 4.79 Å². The summed E-state index contributed by atoms with van der Waals surface area (Å²) in [5.74, 6) is 5.30. The number of hydrogen-bond acceptors (Lipinski definition) is 3. The Hall–Kier alpha value is -1.52. The van der Waals surface area contributed by atoms with Gasteiger partial charge >= 0.3 is 0 Å². The highest BCUT2D eigenvalue weighted by atomic mass is 35.5. The molecule has 0 fully saturated rings. The molecule has 0 aliphatic carbocycles. The van der Waals surface area contributed by atoms with Crippen LogP contribution in [-0.2, 0) is 4.79 Å². The fourth-order valence-corrected chi connectivity index (χ4v) is 3.63. The number of hydrogen-bond donors (Lipinski definition) is 2. The summed E-state index contributed by atoms with van der Waals surface area (Å²) in [6.07, 6.45) is 4.95. The minimum Gasteiger partial charge on any atom is -0.350 e. The largest absolute Gasteiger partial charge is 0.350 e. The van der Waals surface area contributed by atoms with Gasteiger partial charge in [0, 0.05) is 16.3 Å². The van der Waals surface area contributed by atoms with Gasteiger partial charge in [0.2, 0.25) is 0 Å². The lowest BCUT2D eigenvalue weighted by molar-refractivity contribution is -0.122. The zero-order valence-electron chi connectivity index (χ0n) is 14.3. The number of benzene rings is 1. The predicted molar refractivity (Wildman–Crippen MR) is 97.3 cm³/mol. The van der Waals surface area contributed by atoms with Crippen LogP contribution in [-0.4, -0.2) is 17.5 Å². The van der Waals surface area contributed by atoms with Crippen LogP contribution in [0, 0.1) is 0 Å². The van der Waals surface area contributed by atoms with Crippen molar-refractivity contribution in [2.75, 3.05) is 4.90 Å². The van der Waals surface area contributed by atoms with E-state index >= 15 is 0 Å². The van der Waals surface area contributed by atoms with Crippen LogP contribution >= 0.6 is 11.6 Å². The van der Waals surface area contributed by atoms with Crippen molar-refractivity contribution in [3.63, 3.8) is 0 Å². The maximum Gasteiger partial charge on any atom is 0.256 e. The molecule has 4 nitrogen and oxygen atoms in total. The van der Waals surface area contributed by atoms with Gasteiger partial charge in [-0.2, -0.15) is 0 Å². The third-order valence-electron chi connectivity index (χ3n) is 4.42. The summed E-state index contributed by atoms with van der Waals surface area (Å²) in [6.45, 7) is 8.45. The Morgan fingerprint density at radius 1 is 1.43 bits per heavy atom. The van der Waals surface area contributed by atoms with Gasteiger partial charge < -0.3 is 4.90 Å². The first kappa shape index (κ1) is 17.8. The SMILES string of the molecule is CCCCC(C(=O)NN)N1c2ccc(Cl)cc2C(C)=CC1(C)C. The number of nitrogens with one attached hydrogen (secondary N) is 1. The lowest BCUT2D eigenvalue weighted by Gasteiger charge is -2.47. The Labute approximate surface area is 143 Å². The van der Waals surface area contributed by atoms with Crippen LogP contribution < -0.4 is 16.2 Å². The summed E-state index contributed by atoms with van der Waals surface area (Å²) in [5.41, 5.74) is 5.33. The minimum absolute atomic E-state index is 0.152. The highest BCUT2D eigenvalue weighted by Crippen LogP contribution is 2.41. The molecule has 0 bridgehead atoms. The maximum absolute atomic E-state index is 12.4. The third kappa shape index (κ3) is 3.54. The van der Waals surface area contributed by atoms with Crippen molar-refractivity contribution in [2.24, 2.45) is 5.84 Å². The molecule has 0 aromatic heterocycles. The molecule has 1 heterocycles. The summed E-state index contributed by atoms with van der Waals surface area (Å²) >= 11 is 6.17. The molecule has 1 amide bonds. The average molecular weight is 336 g/mol. The topological polar surface area (TPSA) is 58.4 Å². The molecule has 2 rings (SSSR count). The van der Waals surface area contributed by atoms with Crippen molar-refractivity contribution in [2.45, 2.75) is 58.5 Å². The highest BCUT2D eigenvalue weighted by Gasteiger charge is 2.38. The molecule has 1 aliphatic rings. The van der Waals surface area contributed by atoms with E-state index in [4.69, 9.17) is 17.4 Å². The molecule has 1 atom stereocenters. The molecule has 0 saturated heterocycles. The number of carbonyl (C=O) groups is 1. The van der Waals surface area contributed by atoms with E-state index in [1.54, 1.807) is 0 Å². The highest BCUT2D eigenvalue weighted by molar-refractivity contribution is 6.30. The Bertz CT molecular complexity index is 625. The van der Waals surface area contributed by atoms with Crippen LogP contribution in [0.4, 0.5) is 5.69 Å². The Morgan fingerprint density at radius 3 is 2.74 bits per heavy atom. The quantitative estimate of drug-likeness (QED) is 0.487. The molecule has 0 radical (unpaired) electrons. The van der Waals surface area contributed by atoms with E-state index in [-0.39, 0.29) is 17.5 Å². The number of amides is 1. The molecular formula is C18H26ClN3O. The average Bonchev–Trinajstić information content (AvgIpc) is 2.49. The second-order valence-electron chi connectivity index (χ2n) is 6.68. The third-order valence-corrected chi connectivity index (χ3v) is 4.66. The minimum atomic E-state index is -0.306. The molecule has 0 spiro atoms. The number of fused-ring (bicyclic) bond motifs is 1. The van der Waals surface area contributed by atoms with Gasteiger partial charge in [0.05, 0.1) is 5.54 Å². The van der Waals surface area contributed by atoms with E-state index in [0.717, 1.165) is 30.5 Å². The molecule has 1 unspecified atom stereocenters. The van der Waals surface area contributed by atoms with E-state index in [2.05, 4.69) is 44.1 Å². The first-order chi connectivity index (χ1) is 10.8. The molecule has 1 aromatic rings. The van der Waals surface area contributed by atoms with E-state index < -0.39 is 0 Å². The van der Waals surface area contributed by atoms with Crippen molar-refractivity contribution in [3.05, 3.63) is 34.9 Å². The van der Waals surface area contributed by atoms with Crippen LogP contribution in [0.5, 0.6) is 0 Å². The number of nitrogens with two attached hydrogens (primary N) is 1. The molecule has 1 aliphatic heterocycles. The molecular weight excluding hydrogens is 310 g/mol. The number of unbranched alkanes of at least 4 members (excludes halogenated alkanes) is 1. The van der Waals surface area contributed by atoms with Crippen molar-refractivity contribution in [1.82, 2.24) is 5.43 Å². The smallest absolute Gasteiger partial charge is 0.256 e. The van der Waals surface area contributed by atoms with Crippen LogP contribution in [0.1, 0.15) is 52.5 Å². The van der Waals surface area contributed by atoms with E-state index in [1.807, 2.05) is 18.2 Å². The molecule has 5 heteroatoms.